The van der Waals surface area contributed by atoms with Crippen molar-refractivity contribution in [2.75, 3.05) is 29.9 Å². The predicted octanol–water partition coefficient (Wildman–Crippen LogP) is 3.78. The van der Waals surface area contributed by atoms with Crippen molar-refractivity contribution in [2.45, 2.75) is 45.1 Å². The summed E-state index contributed by atoms with van der Waals surface area (Å²) in [7, 11) is 0. The smallest absolute Gasteiger partial charge is 0.325 e. The monoisotopic (exact) mass is 434 g/mol. The topological polar surface area (TPSA) is 81.8 Å². The summed E-state index contributed by atoms with van der Waals surface area (Å²) in [6.45, 7) is 5.39. The molecule has 0 radical (unpaired) electrons. The molecule has 2 aliphatic rings. The summed E-state index contributed by atoms with van der Waals surface area (Å²) >= 11 is 0. The zero-order valence-electron chi connectivity index (χ0n) is 18.7. The molecule has 7 nitrogen and oxygen atoms in total. The first-order valence-corrected chi connectivity index (χ1v) is 11.2. The van der Waals surface area contributed by atoms with Crippen molar-refractivity contribution in [3.8, 4) is 0 Å². The summed E-state index contributed by atoms with van der Waals surface area (Å²) in [5, 5.41) is 5.53. The maximum Gasteiger partial charge on any atom is 0.325 e. The molecule has 0 spiro atoms. The second-order valence-corrected chi connectivity index (χ2v) is 8.81. The molecule has 2 aliphatic heterocycles. The minimum Gasteiger partial charge on any atom is -0.372 e. The van der Waals surface area contributed by atoms with Gasteiger partial charge in [0.05, 0.1) is 0 Å². The van der Waals surface area contributed by atoms with Gasteiger partial charge in [-0.2, -0.15) is 0 Å². The number of hydrogen-bond donors (Lipinski definition) is 2. The third-order valence-electron chi connectivity index (χ3n) is 6.33. The Bertz CT molecular complexity index is 995. The zero-order valence-corrected chi connectivity index (χ0v) is 18.7. The zero-order chi connectivity index (χ0) is 22.7. The predicted molar refractivity (Wildman–Crippen MR) is 125 cm³/mol. The first-order chi connectivity index (χ1) is 15.4. The van der Waals surface area contributed by atoms with Gasteiger partial charge in [-0.25, -0.2) is 4.79 Å². The van der Waals surface area contributed by atoms with E-state index in [0.29, 0.717) is 11.3 Å². The van der Waals surface area contributed by atoms with Crippen LogP contribution in [-0.2, 0) is 15.1 Å². The van der Waals surface area contributed by atoms with Crippen LogP contribution in [0.5, 0.6) is 0 Å². The maximum atomic E-state index is 13.0. The van der Waals surface area contributed by atoms with Crippen LogP contribution in [0.2, 0.25) is 0 Å². The number of benzene rings is 2. The largest absolute Gasteiger partial charge is 0.372 e. The van der Waals surface area contributed by atoms with Crippen molar-refractivity contribution >= 4 is 29.2 Å². The molecule has 0 aromatic heterocycles. The number of anilines is 2. The summed E-state index contributed by atoms with van der Waals surface area (Å²) < 4.78 is 0. The normalized spacial score (nSPS) is 21.3. The molecule has 2 N–H and O–H groups in total. The molecule has 0 bridgehead atoms. The van der Waals surface area contributed by atoms with Crippen molar-refractivity contribution < 1.29 is 14.4 Å². The van der Waals surface area contributed by atoms with Crippen LogP contribution < -0.4 is 15.5 Å². The summed E-state index contributed by atoms with van der Waals surface area (Å²) in [5.41, 5.74) is 2.36. The van der Waals surface area contributed by atoms with Gasteiger partial charge < -0.3 is 15.5 Å². The fraction of sp³-hybridized carbons (Fsp3) is 0.400. The van der Waals surface area contributed by atoms with Gasteiger partial charge in [-0.15, -0.1) is 0 Å². The SMILES string of the molecule is Cc1ccc(C2(C)NC(=O)N(CC(=O)Nc3ccc(N4CCCCCC4)cc3)C2=O)cc1. The molecule has 2 saturated heterocycles. The molecular formula is C25H30N4O3. The molecule has 1 atom stereocenters. The first kappa shape index (κ1) is 21.9. The number of aryl methyl sites for hydroxylation is 1. The third kappa shape index (κ3) is 4.47. The van der Waals surface area contributed by atoms with E-state index >= 15 is 0 Å². The number of imide groups is 1. The van der Waals surface area contributed by atoms with Crippen molar-refractivity contribution in [3.05, 3.63) is 59.7 Å². The Balaban J connectivity index is 1.39. The number of hydrogen-bond acceptors (Lipinski definition) is 4. The lowest BCUT2D eigenvalue weighted by Gasteiger charge is -2.23. The minimum absolute atomic E-state index is 0.333. The lowest BCUT2D eigenvalue weighted by atomic mass is 9.91. The highest BCUT2D eigenvalue weighted by Gasteiger charge is 2.49. The van der Waals surface area contributed by atoms with Gasteiger partial charge in [-0.3, -0.25) is 14.5 Å². The molecule has 32 heavy (non-hydrogen) atoms. The van der Waals surface area contributed by atoms with Crippen LogP contribution >= 0.6 is 0 Å². The van der Waals surface area contributed by atoms with E-state index in [1.54, 1.807) is 6.92 Å². The number of rotatable bonds is 5. The molecule has 2 aromatic rings. The van der Waals surface area contributed by atoms with Gasteiger partial charge in [0.25, 0.3) is 5.91 Å². The summed E-state index contributed by atoms with van der Waals surface area (Å²) in [6, 6.07) is 14.6. The highest BCUT2D eigenvalue weighted by atomic mass is 16.2. The Kier molecular flexibility index (Phi) is 6.17. The molecular weight excluding hydrogens is 404 g/mol. The van der Waals surface area contributed by atoms with E-state index in [1.807, 2.05) is 55.5 Å². The van der Waals surface area contributed by atoms with Crippen LogP contribution in [0.4, 0.5) is 16.2 Å². The van der Waals surface area contributed by atoms with Gasteiger partial charge in [-0.05, 0) is 56.5 Å². The average molecular weight is 435 g/mol. The van der Waals surface area contributed by atoms with Crippen LogP contribution in [0.3, 0.4) is 0 Å². The van der Waals surface area contributed by atoms with E-state index in [-0.39, 0.29) is 6.54 Å². The summed E-state index contributed by atoms with van der Waals surface area (Å²) in [5.74, 6) is -0.845. The van der Waals surface area contributed by atoms with Gasteiger partial charge in [0.1, 0.15) is 12.1 Å². The molecule has 2 heterocycles. The second kappa shape index (κ2) is 9.02. The lowest BCUT2D eigenvalue weighted by molar-refractivity contribution is -0.133. The molecule has 7 heteroatoms. The van der Waals surface area contributed by atoms with Gasteiger partial charge in [0.15, 0.2) is 0 Å². The second-order valence-electron chi connectivity index (χ2n) is 8.81. The fourth-order valence-electron chi connectivity index (χ4n) is 4.35. The summed E-state index contributed by atoms with van der Waals surface area (Å²) in [6.07, 6.45) is 4.95. The van der Waals surface area contributed by atoms with Crippen LogP contribution in [-0.4, -0.2) is 42.4 Å². The fourth-order valence-corrected chi connectivity index (χ4v) is 4.35. The molecule has 0 aliphatic carbocycles. The number of carbonyl (C=O) groups excluding carboxylic acids is 3. The highest BCUT2D eigenvalue weighted by Crippen LogP contribution is 2.29. The van der Waals surface area contributed by atoms with E-state index in [2.05, 4.69) is 15.5 Å². The molecule has 1 unspecified atom stereocenters. The number of amides is 4. The van der Waals surface area contributed by atoms with E-state index in [0.717, 1.165) is 29.2 Å². The summed E-state index contributed by atoms with van der Waals surface area (Å²) in [4.78, 5) is 41.4. The molecule has 2 aromatic carbocycles. The van der Waals surface area contributed by atoms with Crippen LogP contribution in [0.1, 0.15) is 43.7 Å². The number of nitrogens with one attached hydrogen (secondary N) is 2. The Morgan fingerprint density at radius 2 is 1.59 bits per heavy atom. The third-order valence-corrected chi connectivity index (χ3v) is 6.33. The van der Waals surface area contributed by atoms with Crippen LogP contribution in [0.25, 0.3) is 0 Å². The number of carbonyl (C=O) groups is 3. The Morgan fingerprint density at radius 1 is 0.969 bits per heavy atom. The Hall–Kier alpha value is -3.35. The molecule has 2 fully saturated rings. The van der Waals surface area contributed by atoms with Gasteiger partial charge >= 0.3 is 6.03 Å². The van der Waals surface area contributed by atoms with E-state index in [1.165, 1.54) is 25.7 Å². The van der Waals surface area contributed by atoms with Crippen molar-refractivity contribution in [2.24, 2.45) is 0 Å². The first-order valence-electron chi connectivity index (χ1n) is 11.2. The minimum atomic E-state index is -1.18. The van der Waals surface area contributed by atoms with E-state index in [4.69, 9.17) is 0 Å². The molecule has 0 saturated carbocycles. The molecule has 4 rings (SSSR count). The molecule has 168 valence electrons. The van der Waals surface area contributed by atoms with Gasteiger partial charge in [0.2, 0.25) is 5.91 Å². The van der Waals surface area contributed by atoms with E-state index in [9.17, 15) is 14.4 Å². The maximum absolute atomic E-state index is 13.0. The molecule has 4 amide bonds. The van der Waals surface area contributed by atoms with Crippen molar-refractivity contribution in [1.82, 2.24) is 10.2 Å². The van der Waals surface area contributed by atoms with Gasteiger partial charge in [-0.1, -0.05) is 42.7 Å². The van der Waals surface area contributed by atoms with Crippen molar-refractivity contribution in [3.63, 3.8) is 0 Å². The van der Waals surface area contributed by atoms with Crippen molar-refractivity contribution in [1.29, 1.82) is 0 Å². The van der Waals surface area contributed by atoms with Crippen LogP contribution in [0, 0.1) is 6.92 Å². The number of urea groups is 1. The highest BCUT2D eigenvalue weighted by molar-refractivity contribution is 6.10. The lowest BCUT2D eigenvalue weighted by Crippen LogP contribution is -2.42. The number of nitrogens with zero attached hydrogens (tertiary/aromatic N) is 2. The quantitative estimate of drug-likeness (QED) is 0.702. The van der Waals surface area contributed by atoms with Crippen LogP contribution in [0.15, 0.2) is 48.5 Å². The average Bonchev–Trinajstić information content (AvgIpc) is 2.98. The standard InChI is InChI=1S/C25H30N4O3/c1-18-7-9-19(10-8-18)25(2)23(31)29(24(32)27-25)17-22(30)26-20-11-13-21(14-12-20)28-15-5-3-4-6-16-28/h7-14H,3-6,15-17H2,1-2H3,(H,26,30)(H,27,32). The Morgan fingerprint density at radius 3 is 2.22 bits per heavy atom. The van der Waals surface area contributed by atoms with E-state index < -0.39 is 23.4 Å². The Labute approximate surface area is 188 Å². The van der Waals surface area contributed by atoms with Gasteiger partial charge in [0, 0.05) is 24.5 Å².